The molecule has 10 heteroatoms. The van der Waals surface area contributed by atoms with E-state index in [9.17, 15) is 14.4 Å². The predicted octanol–water partition coefficient (Wildman–Crippen LogP) is 2.80. The van der Waals surface area contributed by atoms with Crippen LogP contribution < -0.4 is 5.32 Å². The molecule has 0 unspecified atom stereocenters. The van der Waals surface area contributed by atoms with Crippen molar-refractivity contribution < 1.29 is 14.4 Å². The molecule has 1 N–H and O–H groups in total. The molecule has 2 aliphatic rings. The van der Waals surface area contributed by atoms with E-state index in [1.807, 2.05) is 28.0 Å². The average molecular weight is 547 g/mol. The third-order valence-electron chi connectivity index (χ3n) is 7.34. The number of carbonyl (C=O) groups excluding carboxylic acids is 3. The van der Waals surface area contributed by atoms with Crippen molar-refractivity contribution in [3.05, 3.63) is 64.2 Å². The summed E-state index contributed by atoms with van der Waals surface area (Å²) in [5.74, 6) is 0.236. The smallest absolute Gasteiger partial charge is 0.246 e. The number of anilines is 1. The second-order valence-electron chi connectivity index (χ2n) is 10.3. The molecule has 0 atom stereocenters. The van der Waals surface area contributed by atoms with E-state index in [1.165, 1.54) is 20.5 Å². The fraction of sp³-hybridized carbons (Fsp3) is 0.379. The van der Waals surface area contributed by atoms with Crippen LogP contribution >= 0.6 is 11.3 Å². The first kappa shape index (κ1) is 27.0. The molecule has 1 saturated heterocycles. The summed E-state index contributed by atoms with van der Waals surface area (Å²) in [5, 5.41) is 4.08. The molecule has 0 spiro atoms. The van der Waals surface area contributed by atoms with Crippen LogP contribution in [0.1, 0.15) is 21.6 Å². The molecule has 1 aromatic carbocycles. The van der Waals surface area contributed by atoms with Gasteiger partial charge in [-0.15, -0.1) is 11.3 Å². The molecule has 2 aromatic heterocycles. The van der Waals surface area contributed by atoms with Crippen molar-refractivity contribution in [3.63, 3.8) is 0 Å². The minimum Gasteiger partial charge on any atom is -0.339 e. The lowest BCUT2D eigenvalue weighted by Gasteiger charge is -2.33. The van der Waals surface area contributed by atoms with Gasteiger partial charge in [0.05, 0.1) is 19.6 Å². The number of nitrogens with one attached hydrogen (secondary N) is 1. The molecule has 0 bridgehead atoms. The maximum Gasteiger partial charge on any atom is 0.246 e. The van der Waals surface area contributed by atoms with Crippen molar-refractivity contribution in [2.45, 2.75) is 20.0 Å². The van der Waals surface area contributed by atoms with E-state index in [4.69, 9.17) is 0 Å². The first-order chi connectivity index (χ1) is 18.8. The number of hydrogen-bond donors (Lipinski definition) is 1. The number of aromatic nitrogens is 1. The highest BCUT2D eigenvalue weighted by atomic mass is 32.1. The summed E-state index contributed by atoms with van der Waals surface area (Å²) < 4.78 is 1.23. The molecule has 39 heavy (non-hydrogen) atoms. The van der Waals surface area contributed by atoms with Gasteiger partial charge in [0.15, 0.2) is 0 Å². The van der Waals surface area contributed by atoms with Gasteiger partial charge in [-0.05, 0) is 48.7 Å². The number of likely N-dealkylation sites (N-methyl/N-ethyl adjacent to an activating group) is 2. The molecule has 2 aliphatic heterocycles. The molecule has 3 amide bonds. The minimum absolute atomic E-state index is 0.0332. The highest BCUT2D eigenvalue weighted by molar-refractivity contribution is 7.19. The van der Waals surface area contributed by atoms with Crippen molar-refractivity contribution in [3.8, 4) is 0 Å². The molecule has 0 saturated carbocycles. The highest BCUT2D eigenvalue weighted by Crippen LogP contribution is 2.31. The Bertz CT molecular complexity index is 1430. The van der Waals surface area contributed by atoms with Gasteiger partial charge in [0.1, 0.15) is 5.82 Å². The number of pyridine rings is 1. The maximum atomic E-state index is 12.9. The fourth-order valence-corrected chi connectivity index (χ4v) is 6.21. The van der Waals surface area contributed by atoms with Crippen LogP contribution in [0.5, 0.6) is 0 Å². The number of hydrogen-bond acceptors (Lipinski definition) is 7. The zero-order valence-electron chi connectivity index (χ0n) is 22.6. The summed E-state index contributed by atoms with van der Waals surface area (Å²) in [5.41, 5.74) is 2.79. The summed E-state index contributed by atoms with van der Waals surface area (Å²) in [6.45, 7) is 6.47. The van der Waals surface area contributed by atoms with Gasteiger partial charge < -0.3 is 20.0 Å². The second kappa shape index (κ2) is 11.6. The van der Waals surface area contributed by atoms with Crippen LogP contribution in [-0.4, -0.2) is 95.7 Å². The maximum absolute atomic E-state index is 12.9. The van der Waals surface area contributed by atoms with Crippen LogP contribution in [0, 0.1) is 6.92 Å². The Morgan fingerprint density at radius 3 is 2.69 bits per heavy atom. The average Bonchev–Trinajstić information content (AvgIpc) is 3.13. The molecule has 1 fully saturated rings. The summed E-state index contributed by atoms with van der Waals surface area (Å²) in [7, 11) is 3.85. The first-order valence-corrected chi connectivity index (χ1v) is 14.0. The molecular formula is C29H34N6O3S. The predicted molar refractivity (Wildman–Crippen MR) is 154 cm³/mol. The van der Waals surface area contributed by atoms with Crippen molar-refractivity contribution >= 4 is 51.0 Å². The third-order valence-corrected chi connectivity index (χ3v) is 8.60. The van der Waals surface area contributed by atoms with Crippen molar-refractivity contribution in [2.75, 3.05) is 58.7 Å². The number of piperazine rings is 1. The molecular weight excluding hydrogens is 512 g/mol. The fourth-order valence-electron chi connectivity index (χ4n) is 4.95. The van der Waals surface area contributed by atoms with Crippen LogP contribution in [0.15, 0.2) is 42.6 Å². The zero-order chi connectivity index (χ0) is 27.5. The van der Waals surface area contributed by atoms with Crippen LogP contribution in [0.25, 0.3) is 16.2 Å². The molecule has 5 rings (SSSR count). The van der Waals surface area contributed by atoms with Gasteiger partial charge in [-0.3, -0.25) is 19.3 Å². The Balaban J connectivity index is 1.24. The standard InChI is InChI=1S/C29H34N6O3S/c1-20-23-6-4-5-7-24(23)39-25(20)17-33(3)27(37)9-8-21-14-22-16-34(18-26(36)31-29(22)30-15-21)19-28(38)35-12-10-32(2)11-13-35/h4-9,14-15H,10-13,16-19H2,1-3H3,(H,30,31,36). The molecule has 204 valence electrons. The largest absolute Gasteiger partial charge is 0.339 e. The number of benzene rings is 1. The molecule has 0 radical (unpaired) electrons. The lowest BCUT2D eigenvalue weighted by molar-refractivity contribution is -0.134. The molecule has 4 heterocycles. The normalized spacial score (nSPS) is 16.8. The van der Waals surface area contributed by atoms with Crippen molar-refractivity contribution in [1.29, 1.82) is 0 Å². The van der Waals surface area contributed by atoms with Crippen LogP contribution in [0.3, 0.4) is 0 Å². The van der Waals surface area contributed by atoms with Crippen molar-refractivity contribution in [1.82, 2.24) is 24.6 Å². The van der Waals surface area contributed by atoms with E-state index in [0.29, 0.717) is 32.0 Å². The Hall–Kier alpha value is -3.60. The monoisotopic (exact) mass is 546 g/mol. The first-order valence-electron chi connectivity index (χ1n) is 13.1. The number of thiophene rings is 1. The Morgan fingerprint density at radius 2 is 1.92 bits per heavy atom. The van der Waals surface area contributed by atoms with Crippen LogP contribution in [-0.2, 0) is 27.5 Å². The summed E-state index contributed by atoms with van der Waals surface area (Å²) >= 11 is 1.72. The van der Waals surface area contributed by atoms with Gasteiger partial charge in [-0.2, -0.15) is 0 Å². The van der Waals surface area contributed by atoms with Gasteiger partial charge in [-0.1, -0.05) is 18.2 Å². The Kier molecular flexibility index (Phi) is 8.06. The van der Waals surface area contributed by atoms with E-state index in [2.05, 4.69) is 41.3 Å². The number of fused-ring (bicyclic) bond motifs is 2. The van der Waals surface area contributed by atoms with E-state index < -0.39 is 0 Å². The number of carbonyl (C=O) groups is 3. The van der Waals surface area contributed by atoms with Gasteiger partial charge in [0.25, 0.3) is 0 Å². The zero-order valence-corrected chi connectivity index (χ0v) is 23.5. The number of rotatable bonds is 6. The van der Waals surface area contributed by atoms with E-state index in [1.54, 1.807) is 41.6 Å². The lowest BCUT2D eigenvalue weighted by atomic mass is 10.1. The number of amides is 3. The summed E-state index contributed by atoms with van der Waals surface area (Å²) in [6, 6.07) is 10.2. The van der Waals surface area contributed by atoms with Gasteiger partial charge in [0, 0.05) is 67.2 Å². The topological polar surface area (TPSA) is 89.1 Å². The summed E-state index contributed by atoms with van der Waals surface area (Å²) in [6.07, 6.45) is 4.94. The number of aryl methyl sites for hydroxylation is 1. The van der Waals surface area contributed by atoms with Gasteiger partial charge >= 0.3 is 0 Å². The van der Waals surface area contributed by atoms with E-state index >= 15 is 0 Å². The van der Waals surface area contributed by atoms with Crippen LogP contribution in [0.2, 0.25) is 0 Å². The molecule has 0 aliphatic carbocycles. The van der Waals surface area contributed by atoms with Gasteiger partial charge in [0.2, 0.25) is 17.7 Å². The van der Waals surface area contributed by atoms with Crippen molar-refractivity contribution in [2.24, 2.45) is 0 Å². The SMILES string of the molecule is Cc1c(CN(C)C(=O)C=Cc2cnc3c(c2)CN(CC(=O)N2CCN(C)CC2)CC(=O)N3)sc2ccccc12. The van der Waals surface area contributed by atoms with Gasteiger partial charge in [-0.25, -0.2) is 4.98 Å². The van der Waals surface area contributed by atoms with Crippen LogP contribution in [0.4, 0.5) is 5.82 Å². The minimum atomic E-state index is -0.191. The molecule has 3 aromatic rings. The molecule has 9 nitrogen and oxygen atoms in total. The third kappa shape index (κ3) is 6.35. The quantitative estimate of drug-likeness (QED) is 0.479. The summed E-state index contributed by atoms with van der Waals surface area (Å²) in [4.78, 5) is 51.5. The van der Waals surface area contributed by atoms with E-state index in [-0.39, 0.29) is 30.8 Å². The van der Waals surface area contributed by atoms with E-state index in [0.717, 1.165) is 24.2 Å². The Labute approximate surface area is 232 Å². The second-order valence-corrected chi connectivity index (χ2v) is 11.5. The number of nitrogens with zero attached hydrogens (tertiary/aromatic N) is 5. The lowest BCUT2D eigenvalue weighted by Crippen LogP contribution is -2.50. The Morgan fingerprint density at radius 1 is 1.15 bits per heavy atom. The highest BCUT2D eigenvalue weighted by Gasteiger charge is 2.25.